The van der Waals surface area contributed by atoms with Crippen LogP contribution in [0.3, 0.4) is 0 Å². The van der Waals surface area contributed by atoms with Crippen LogP contribution in [0.25, 0.3) is 0 Å². The molecule has 5 heteroatoms. The fourth-order valence-corrected chi connectivity index (χ4v) is 2.05. The molecular formula is C17H18ClNO3. The molecule has 1 N–H and O–H groups in total. The van der Waals surface area contributed by atoms with Gasteiger partial charge < -0.3 is 14.8 Å². The van der Waals surface area contributed by atoms with Crippen molar-refractivity contribution in [3.63, 3.8) is 0 Å². The Labute approximate surface area is 135 Å². The van der Waals surface area contributed by atoms with Crippen molar-refractivity contribution in [2.75, 3.05) is 19.8 Å². The van der Waals surface area contributed by atoms with Gasteiger partial charge in [-0.2, -0.15) is 0 Å². The minimum absolute atomic E-state index is 0.169. The van der Waals surface area contributed by atoms with Gasteiger partial charge in [-0.3, -0.25) is 4.79 Å². The average molecular weight is 320 g/mol. The molecule has 0 radical (unpaired) electrons. The van der Waals surface area contributed by atoms with Gasteiger partial charge in [0, 0.05) is 10.6 Å². The molecule has 0 bridgehead atoms. The van der Waals surface area contributed by atoms with Crippen LogP contribution in [0.2, 0.25) is 5.02 Å². The summed E-state index contributed by atoms with van der Waals surface area (Å²) in [6.07, 6.45) is 0. The summed E-state index contributed by atoms with van der Waals surface area (Å²) in [4.78, 5) is 11.9. The molecule has 0 saturated carbocycles. The zero-order valence-electron chi connectivity index (χ0n) is 12.3. The molecule has 1 amide bonds. The molecule has 0 aromatic heterocycles. The third kappa shape index (κ3) is 4.97. The Morgan fingerprint density at radius 1 is 1.09 bits per heavy atom. The quantitative estimate of drug-likeness (QED) is 0.794. The predicted molar refractivity (Wildman–Crippen MR) is 86.9 cm³/mol. The topological polar surface area (TPSA) is 47.6 Å². The standard InChI is InChI=1S/C17H18ClNO3/c1-2-21-15-6-8-16(9-7-15)22-11-10-19-17(20)13-4-3-5-14(18)12-13/h3-9,12H,2,10-11H2,1H3,(H,19,20). The monoisotopic (exact) mass is 319 g/mol. The number of carbonyl (C=O) groups is 1. The maximum atomic E-state index is 11.9. The van der Waals surface area contributed by atoms with E-state index in [9.17, 15) is 4.79 Å². The minimum Gasteiger partial charge on any atom is -0.494 e. The van der Waals surface area contributed by atoms with Crippen LogP contribution in [0, 0.1) is 0 Å². The summed E-state index contributed by atoms with van der Waals surface area (Å²) in [5, 5.41) is 3.32. The van der Waals surface area contributed by atoms with Crippen molar-refractivity contribution in [2.45, 2.75) is 6.92 Å². The molecule has 116 valence electrons. The van der Waals surface area contributed by atoms with Gasteiger partial charge in [-0.05, 0) is 49.4 Å². The van der Waals surface area contributed by atoms with Crippen LogP contribution in [0.4, 0.5) is 0 Å². The number of hydrogen-bond acceptors (Lipinski definition) is 3. The Hall–Kier alpha value is -2.20. The van der Waals surface area contributed by atoms with E-state index in [0.29, 0.717) is 30.3 Å². The SMILES string of the molecule is CCOc1ccc(OCCNC(=O)c2cccc(Cl)c2)cc1. The van der Waals surface area contributed by atoms with E-state index in [1.807, 2.05) is 31.2 Å². The van der Waals surface area contributed by atoms with Crippen LogP contribution in [0.5, 0.6) is 11.5 Å². The van der Waals surface area contributed by atoms with Crippen LogP contribution in [0.1, 0.15) is 17.3 Å². The van der Waals surface area contributed by atoms with Gasteiger partial charge >= 0.3 is 0 Å². The largest absolute Gasteiger partial charge is 0.494 e. The molecule has 0 saturated heterocycles. The van der Waals surface area contributed by atoms with Gasteiger partial charge in [0.25, 0.3) is 5.91 Å². The molecular weight excluding hydrogens is 302 g/mol. The van der Waals surface area contributed by atoms with Gasteiger partial charge in [-0.25, -0.2) is 0 Å². The average Bonchev–Trinajstić information content (AvgIpc) is 2.53. The molecule has 0 spiro atoms. The summed E-state index contributed by atoms with van der Waals surface area (Å²) in [6, 6.07) is 14.2. The molecule has 0 unspecified atom stereocenters. The number of nitrogens with one attached hydrogen (secondary N) is 1. The van der Waals surface area contributed by atoms with Gasteiger partial charge in [0.1, 0.15) is 18.1 Å². The van der Waals surface area contributed by atoms with Crippen LogP contribution < -0.4 is 14.8 Å². The Balaban J connectivity index is 1.73. The molecule has 2 rings (SSSR count). The smallest absolute Gasteiger partial charge is 0.251 e. The van der Waals surface area contributed by atoms with Gasteiger partial charge in [0.15, 0.2) is 0 Å². The van der Waals surface area contributed by atoms with Crippen molar-refractivity contribution >= 4 is 17.5 Å². The molecule has 0 fully saturated rings. The lowest BCUT2D eigenvalue weighted by Crippen LogP contribution is -2.28. The van der Waals surface area contributed by atoms with Gasteiger partial charge in [-0.15, -0.1) is 0 Å². The number of amides is 1. The molecule has 4 nitrogen and oxygen atoms in total. The number of rotatable bonds is 7. The highest BCUT2D eigenvalue weighted by Gasteiger charge is 2.05. The lowest BCUT2D eigenvalue weighted by Gasteiger charge is -2.09. The van der Waals surface area contributed by atoms with E-state index in [-0.39, 0.29) is 5.91 Å². The number of benzene rings is 2. The number of carbonyl (C=O) groups excluding carboxylic acids is 1. The fourth-order valence-electron chi connectivity index (χ4n) is 1.86. The van der Waals surface area contributed by atoms with E-state index in [4.69, 9.17) is 21.1 Å². The van der Waals surface area contributed by atoms with Crippen molar-refractivity contribution in [3.05, 3.63) is 59.1 Å². The van der Waals surface area contributed by atoms with Crippen molar-refractivity contribution in [2.24, 2.45) is 0 Å². The summed E-state index contributed by atoms with van der Waals surface area (Å²) in [5.74, 6) is 1.38. The second-order valence-corrected chi connectivity index (χ2v) is 4.96. The maximum absolute atomic E-state index is 11.9. The first-order chi connectivity index (χ1) is 10.7. The predicted octanol–water partition coefficient (Wildman–Crippen LogP) is 3.55. The Morgan fingerprint density at radius 2 is 1.77 bits per heavy atom. The lowest BCUT2D eigenvalue weighted by atomic mass is 10.2. The van der Waals surface area contributed by atoms with Crippen molar-refractivity contribution < 1.29 is 14.3 Å². The van der Waals surface area contributed by atoms with E-state index in [2.05, 4.69) is 5.32 Å². The summed E-state index contributed by atoms with van der Waals surface area (Å²) in [5.41, 5.74) is 0.536. The molecule has 0 aliphatic rings. The van der Waals surface area contributed by atoms with Crippen LogP contribution in [-0.2, 0) is 0 Å². The second kappa shape index (κ2) is 8.29. The third-order valence-corrected chi connectivity index (χ3v) is 3.11. The minimum atomic E-state index is -0.169. The Bertz CT molecular complexity index is 614. The zero-order chi connectivity index (χ0) is 15.8. The highest BCUT2D eigenvalue weighted by Crippen LogP contribution is 2.17. The van der Waals surface area contributed by atoms with Gasteiger partial charge in [0.2, 0.25) is 0 Å². The van der Waals surface area contributed by atoms with E-state index in [0.717, 1.165) is 11.5 Å². The molecule has 0 atom stereocenters. The molecule has 0 aliphatic heterocycles. The van der Waals surface area contributed by atoms with E-state index in [1.54, 1.807) is 24.3 Å². The molecule has 0 heterocycles. The second-order valence-electron chi connectivity index (χ2n) is 4.52. The van der Waals surface area contributed by atoms with E-state index in [1.165, 1.54) is 0 Å². The van der Waals surface area contributed by atoms with Crippen molar-refractivity contribution in [1.29, 1.82) is 0 Å². The van der Waals surface area contributed by atoms with Crippen LogP contribution in [-0.4, -0.2) is 25.7 Å². The Kier molecular flexibility index (Phi) is 6.10. The molecule has 0 aliphatic carbocycles. The summed E-state index contributed by atoms with van der Waals surface area (Å²) in [6.45, 7) is 3.38. The van der Waals surface area contributed by atoms with Crippen LogP contribution >= 0.6 is 11.6 Å². The summed E-state index contributed by atoms with van der Waals surface area (Å²) >= 11 is 5.85. The van der Waals surface area contributed by atoms with E-state index >= 15 is 0 Å². The zero-order valence-corrected chi connectivity index (χ0v) is 13.1. The van der Waals surface area contributed by atoms with Crippen molar-refractivity contribution in [1.82, 2.24) is 5.32 Å². The number of hydrogen-bond donors (Lipinski definition) is 1. The van der Waals surface area contributed by atoms with Crippen molar-refractivity contribution in [3.8, 4) is 11.5 Å². The molecule has 2 aromatic rings. The third-order valence-electron chi connectivity index (χ3n) is 2.88. The molecule has 2 aromatic carbocycles. The van der Waals surface area contributed by atoms with E-state index < -0.39 is 0 Å². The highest BCUT2D eigenvalue weighted by molar-refractivity contribution is 6.30. The maximum Gasteiger partial charge on any atom is 0.251 e. The molecule has 22 heavy (non-hydrogen) atoms. The van der Waals surface area contributed by atoms with Gasteiger partial charge in [-0.1, -0.05) is 17.7 Å². The Morgan fingerprint density at radius 3 is 2.41 bits per heavy atom. The normalized spacial score (nSPS) is 10.1. The first-order valence-corrected chi connectivity index (χ1v) is 7.46. The van der Waals surface area contributed by atoms with Crippen LogP contribution in [0.15, 0.2) is 48.5 Å². The van der Waals surface area contributed by atoms with Gasteiger partial charge in [0.05, 0.1) is 13.2 Å². The summed E-state index contributed by atoms with van der Waals surface area (Å²) in [7, 11) is 0. The first kappa shape index (κ1) is 16.2. The number of ether oxygens (including phenoxy) is 2. The summed E-state index contributed by atoms with van der Waals surface area (Å²) < 4.78 is 10.9. The number of halogens is 1. The fraction of sp³-hybridized carbons (Fsp3) is 0.235. The first-order valence-electron chi connectivity index (χ1n) is 7.08. The lowest BCUT2D eigenvalue weighted by molar-refractivity contribution is 0.0947. The highest BCUT2D eigenvalue weighted by atomic mass is 35.5.